The molecule has 0 fully saturated rings. The maximum absolute atomic E-state index is 11.8. The molecule has 5 heteroatoms. The highest BCUT2D eigenvalue weighted by Crippen LogP contribution is 2.23. The summed E-state index contributed by atoms with van der Waals surface area (Å²) < 4.78 is 4.82. The third-order valence-corrected chi connectivity index (χ3v) is 4.43. The van der Waals surface area contributed by atoms with Crippen LogP contribution >= 0.6 is 0 Å². The van der Waals surface area contributed by atoms with Crippen molar-refractivity contribution in [1.29, 1.82) is 0 Å². The lowest BCUT2D eigenvalue weighted by Gasteiger charge is -2.13. The zero-order valence-electron chi connectivity index (χ0n) is 17.3. The van der Waals surface area contributed by atoms with Crippen molar-refractivity contribution in [3.63, 3.8) is 0 Å². The third-order valence-electron chi connectivity index (χ3n) is 4.43. The molecule has 0 radical (unpaired) electrons. The van der Waals surface area contributed by atoms with Gasteiger partial charge in [0.05, 0.1) is 36.9 Å². The summed E-state index contributed by atoms with van der Waals surface area (Å²) in [7, 11) is 1.39. The number of ether oxygens (including phenoxy) is 1. The molecule has 0 saturated heterocycles. The van der Waals surface area contributed by atoms with E-state index in [9.17, 15) is 4.79 Å². The van der Waals surface area contributed by atoms with E-state index < -0.39 is 0 Å². The van der Waals surface area contributed by atoms with E-state index in [0.29, 0.717) is 12.1 Å². The van der Waals surface area contributed by atoms with Gasteiger partial charge < -0.3 is 15.4 Å². The number of hydrogen-bond donors (Lipinski definition) is 2. The van der Waals surface area contributed by atoms with Gasteiger partial charge in [-0.15, -0.1) is 0 Å². The lowest BCUT2D eigenvalue weighted by Crippen LogP contribution is -2.08. The highest BCUT2D eigenvalue weighted by atomic mass is 16.5. The molecule has 0 heterocycles. The average Bonchev–Trinajstić information content (AvgIpc) is 2.70. The molecule has 0 aliphatic heterocycles. The Balaban J connectivity index is 2.66. The minimum absolute atomic E-state index is 0.345. The van der Waals surface area contributed by atoms with E-state index in [2.05, 4.69) is 22.5 Å². The second kappa shape index (κ2) is 13.8. The van der Waals surface area contributed by atoms with E-state index in [1.807, 2.05) is 26.0 Å². The molecule has 0 aliphatic carbocycles. The Kier molecular flexibility index (Phi) is 11.7. The summed E-state index contributed by atoms with van der Waals surface area (Å²) in [6.07, 6.45) is 11.3. The molecular formula is C22H35N3O2. The zero-order valence-corrected chi connectivity index (χ0v) is 17.3. The van der Waals surface area contributed by atoms with Crippen LogP contribution in [0.15, 0.2) is 34.8 Å². The number of esters is 1. The minimum atomic E-state index is -0.345. The van der Waals surface area contributed by atoms with Gasteiger partial charge in [0.15, 0.2) is 0 Å². The number of rotatable bonds is 13. The first-order valence-electron chi connectivity index (χ1n) is 9.95. The molecule has 0 aliphatic rings. The first-order valence-corrected chi connectivity index (χ1v) is 9.95. The second-order valence-electron chi connectivity index (χ2n) is 6.70. The molecule has 27 heavy (non-hydrogen) atoms. The lowest BCUT2D eigenvalue weighted by molar-refractivity contribution is 0.0601. The summed E-state index contributed by atoms with van der Waals surface area (Å²) in [5.41, 5.74) is 3.51. The number of methoxy groups -OCH3 is 1. The number of aliphatic imine (C=N–C) groups is 1. The van der Waals surface area contributed by atoms with Crippen LogP contribution < -0.4 is 10.6 Å². The van der Waals surface area contributed by atoms with Crippen molar-refractivity contribution in [2.24, 2.45) is 4.99 Å². The van der Waals surface area contributed by atoms with Crippen molar-refractivity contribution in [3.8, 4) is 0 Å². The van der Waals surface area contributed by atoms with Gasteiger partial charge in [-0.3, -0.25) is 4.99 Å². The van der Waals surface area contributed by atoms with Crippen molar-refractivity contribution in [2.75, 3.05) is 30.8 Å². The Morgan fingerprint density at radius 1 is 1.15 bits per heavy atom. The van der Waals surface area contributed by atoms with Crippen LogP contribution in [0.25, 0.3) is 0 Å². The van der Waals surface area contributed by atoms with Gasteiger partial charge in [-0.25, -0.2) is 4.79 Å². The number of allylic oxidation sites excluding steroid dienone is 1. The third kappa shape index (κ3) is 9.27. The summed E-state index contributed by atoms with van der Waals surface area (Å²) in [6, 6.07) is 5.49. The van der Waals surface area contributed by atoms with Crippen LogP contribution in [-0.4, -0.2) is 32.5 Å². The molecule has 0 atom stereocenters. The molecule has 0 unspecified atom stereocenters. The van der Waals surface area contributed by atoms with Crippen molar-refractivity contribution in [1.82, 2.24) is 0 Å². The number of nitrogens with zero attached hydrogens (tertiary/aromatic N) is 1. The molecule has 5 nitrogen and oxygen atoms in total. The molecule has 0 spiro atoms. The fourth-order valence-electron chi connectivity index (χ4n) is 2.59. The number of carbonyl (C=O) groups is 1. The highest BCUT2D eigenvalue weighted by molar-refractivity contribution is 5.94. The summed E-state index contributed by atoms with van der Waals surface area (Å²) >= 11 is 0. The first-order chi connectivity index (χ1) is 13.1. The van der Waals surface area contributed by atoms with E-state index in [1.54, 1.807) is 18.5 Å². The molecule has 150 valence electrons. The fraction of sp³-hybridized carbons (Fsp3) is 0.545. The number of benzene rings is 1. The summed E-state index contributed by atoms with van der Waals surface area (Å²) in [5, 5.41) is 6.65. The Bertz CT molecular complexity index is 624. The SMILES string of the molecule is C/C=C(\C)CN=CNc1cc(C(=O)OC)ccc1NCCCCCCCC. The van der Waals surface area contributed by atoms with E-state index in [0.717, 1.165) is 24.3 Å². The van der Waals surface area contributed by atoms with Gasteiger partial charge in [-0.1, -0.05) is 50.7 Å². The number of nitrogens with one attached hydrogen (secondary N) is 2. The smallest absolute Gasteiger partial charge is 0.337 e. The normalized spacial score (nSPS) is 11.6. The van der Waals surface area contributed by atoms with E-state index in [1.165, 1.54) is 44.8 Å². The monoisotopic (exact) mass is 373 g/mol. The number of anilines is 2. The van der Waals surface area contributed by atoms with E-state index >= 15 is 0 Å². The van der Waals surface area contributed by atoms with Crippen molar-refractivity contribution in [2.45, 2.75) is 59.3 Å². The molecule has 0 saturated carbocycles. The van der Waals surface area contributed by atoms with Crippen LogP contribution in [0, 0.1) is 0 Å². The van der Waals surface area contributed by atoms with Crippen molar-refractivity contribution < 1.29 is 9.53 Å². The fourth-order valence-corrected chi connectivity index (χ4v) is 2.59. The Hall–Kier alpha value is -2.30. The zero-order chi connectivity index (χ0) is 19.9. The second-order valence-corrected chi connectivity index (χ2v) is 6.70. The summed E-state index contributed by atoms with van der Waals surface area (Å²) in [5.74, 6) is -0.345. The lowest BCUT2D eigenvalue weighted by atomic mass is 10.1. The average molecular weight is 374 g/mol. The van der Waals surface area contributed by atoms with E-state index in [-0.39, 0.29) is 5.97 Å². The maximum atomic E-state index is 11.8. The topological polar surface area (TPSA) is 62.7 Å². The van der Waals surface area contributed by atoms with Gasteiger partial charge in [-0.2, -0.15) is 0 Å². The molecule has 2 N–H and O–H groups in total. The Morgan fingerprint density at radius 2 is 1.89 bits per heavy atom. The maximum Gasteiger partial charge on any atom is 0.337 e. The largest absolute Gasteiger partial charge is 0.465 e. The standard InChI is InChI=1S/C22H35N3O2/c1-5-7-8-9-10-11-14-24-20-13-12-19(22(26)27-4)15-21(20)25-17-23-16-18(3)6-2/h6,12-13,15,17,24H,5,7-11,14,16H2,1-4H3,(H,23,25)/b18-6+. The molecule has 1 aromatic rings. The van der Waals surface area contributed by atoms with Gasteiger partial charge >= 0.3 is 5.97 Å². The molecule has 0 bridgehead atoms. The van der Waals surface area contributed by atoms with Gasteiger partial charge in [0.25, 0.3) is 0 Å². The van der Waals surface area contributed by atoms with Crippen molar-refractivity contribution >= 4 is 23.7 Å². The van der Waals surface area contributed by atoms with Gasteiger partial charge in [0.2, 0.25) is 0 Å². The van der Waals surface area contributed by atoms with Crippen LogP contribution in [0.5, 0.6) is 0 Å². The minimum Gasteiger partial charge on any atom is -0.465 e. The van der Waals surface area contributed by atoms with Gasteiger partial charge in [-0.05, 0) is 38.5 Å². The summed E-state index contributed by atoms with van der Waals surface area (Å²) in [6.45, 7) is 7.84. The van der Waals surface area contributed by atoms with Crippen LogP contribution in [0.4, 0.5) is 11.4 Å². The highest BCUT2D eigenvalue weighted by Gasteiger charge is 2.09. The first kappa shape index (κ1) is 22.7. The predicted molar refractivity (Wildman–Crippen MR) is 116 cm³/mol. The number of unbranched alkanes of at least 4 members (excludes halogenated alkanes) is 5. The molecule has 1 aromatic carbocycles. The van der Waals surface area contributed by atoms with Gasteiger partial charge in [0.1, 0.15) is 0 Å². The quantitative estimate of drug-likeness (QED) is 0.154. The van der Waals surface area contributed by atoms with E-state index in [4.69, 9.17) is 4.74 Å². The molecule has 0 aromatic heterocycles. The molecule has 1 rings (SSSR count). The van der Waals surface area contributed by atoms with Crippen LogP contribution in [0.2, 0.25) is 0 Å². The summed E-state index contributed by atoms with van der Waals surface area (Å²) in [4.78, 5) is 16.2. The molecular weight excluding hydrogens is 338 g/mol. The van der Waals surface area contributed by atoms with Crippen molar-refractivity contribution in [3.05, 3.63) is 35.4 Å². The Morgan fingerprint density at radius 3 is 2.59 bits per heavy atom. The predicted octanol–water partition coefficient (Wildman–Crippen LogP) is 5.65. The number of carbonyl (C=O) groups excluding carboxylic acids is 1. The number of hydrogen-bond acceptors (Lipinski definition) is 4. The van der Waals surface area contributed by atoms with Crippen LogP contribution in [0.3, 0.4) is 0 Å². The van der Waals surface area contributed by atoms with Crippen LogP contribution in [0.1, 0.15) is 69.7 Å². The van der Waals surface area contributed by atoms with Crippen LogP contribution in [-0.2, 0) is 4.74 Å². The Labute approximate surface area is 164 Å². The van der Waals surface area contributed by atoms with Gasteiger partial charge in [0, 0.05) is 6.54 Å². The molecule has 0 amide bonds.